The van der Waals surface area contributed by atoms with Crippen LogP contribution in [0.25, 0.3) is 0 Å². The molecule has 5 saturated carbocycles. The zero-order valence-electron chi connectivity index (χ0n) is 22.4. The Labute approximate surface area is 217 Å². The van der Waals surface area contributed by atoms with Gasteiger partial charge in [0.05, 0.1) is 18.3 Å². The second kappa shape index (κ2) is 7.91. The molecule has 1 N–H and O–H groups in total. The lowest BCUT2D eigenvalue weighted by Crippen LogP contribution is -2.58. The molecule has 0 bridgehead atoms. The van der Waals surface area contributed by atoms with E-state index in [2.05, 4.69) is 70.3 Å². The first-order valence-electron chi connectivity index (χ1n) is 13.7. The van der Waals surface area contributed by atoms with Crippen molar-refractivity contribution in [3.63, 3.8) is 0 Å². The van der Waals surface area contributed by atoms with E-state index < -0.39 is 8.32 Å². The van der Waals surface area contributed by atoms with Crippen LogP contribution in [0.4, 0.5) is 0 Å². The van der Waals surface area contributed by atoms with E-state index in [1.807, 2.05) is 7.11 Å². The molecule has 0 unspecified atom stereocenters. The van der Waals surface area contributed by atoms with Gasteiger partial charge in [-0.05, 0) is 105 Å². The summed E-state index contributed by atoms with van der Waals surface area (Å²) in [4.78, 5) is 0. The summed E-state index contributed by atoms with van der Waals surface area (Å²) in [5.41, 5.74) is 1.15. The van der Waals surface area contributed by atoms with Crippen molar-refractivity contribution in [2.45, 2.75) is 116 Å². The summed E-state index contributed by atoms with van der Waals surface area (Å²) in [7, 11) is 0.0737. The predicted molar refractivity (Wildman–Crippen MR) is 146 cm³/mol. The zero-order chi connectivity index (χ0) is 24.2. The molecule has 0 radical (unpaired) electrons. The monoisotopic (exact) mass is 588 g/mol. The molecule has 190 valence electrons. The van der Waals surface area contributed by atoms with Gasteiger partial charge in [-0.25, -0.2) is 0 Å². The van der Waals surface area contributed by atoms with Crippen molar-refractivity contribution in [1.82, 2.24) is 0 Å². The second-order valence-electron chi connectivity index (χ2n) is 14.6. The van der Waals surface area contributed by atoms with Crippen molar-refractivity contribution in [2.24, 2.45) is 45.8 Å². The molecule has 0 saturated heterocycles. The van der Waals surface area contributed by atoms with Gasteiger partial charge < -0.3 is 14.3 Å². The van der Waals surface area contributed by atoms with E-state index >= 15 is 0 Å². The SMILES string of the molecule is CO[C@@H]1C[C@H]2[C@@H]3C[C@H](O[Si](C)(C)C(C)(C)C)[C@H]([C@H](C)O)[C@@]3(CI)CC[C@@H]2[C@@]2(C)CC[C@@H]3C[C@]312. The summed E-state index contributed by atoms with van der Waals surface area (Å²) in [6.45, 7) is 16.5. The Hall–Kier alpha value is 0.827. The molecular weight excluding hydrogens is 539 g/mol. The van der Waals surface area contributed by atoms with Crippen LogP contribution in [0, 0.1) is 45.8 Å². The highest BCUT2D eigenvalue weighted by Gasteiger charge is 2.78. The van der Waals surface area contributed by atoms with E-state index in [1.54, 1.807) is 0 Å². The molecule has 0 aliphatic heterocycles. The predicted octanol–water partition coefficient (Wildman–Crippen LogP) is 7.07. The highest BCUT2D eigenvalue weighted by Crippen LogP contribution is 2.82. The third-order valence-corrected chi connectivity index (χ3v) is 18.6. The number of hydrogen-bond donors (Lipinski definition) is 1. The molecule has 33 heavy (non-hydrogen) atoms. The van der Waals surface area contributed by atoms with Gasteiger partial charge in [-0.1, -0.05) is 50.3 Å². The molecule has 5 aliphatic carbocycles. The van der Waals surface area contributed by atoms with Crippen molar-refractivity contribution in [3.05, 3.63) is 0 Å². The summed E-state index contributed by atoms with van der Waals surface area (Å²) >= 11 is 2.66. The van der Waals surface area contributed by atoms with Gasteiger partial charge in [-0.3, -0.25) is 0 Å². The van der Waals surface area contributed by atoms with Crippen molar-refractivity contribution >= 4 is 30.9 Å². The Kier molecular flexibility index (Phi) is 6.11. The van der Waals surface area contributed by atoms with Crippen LogP contribution in [0.15, 0.2) is 0 Å². The van der Waals surface area contributed by atoms with Crippen molar-refractivity contribution < 1.29 is 14.3 Å². The lowest BCUT2D eigenvalue weighted by atomic mass is 9.45. The standard InChI is InChI=1S/C28H49IO3Si/c1-17(30)24-22(32-33(7,8)25(2,3)4)14-21-19-13-23(31-6)28-15-18(28)9-11-26(28,5)20(19)10-12-27(21,24)16-29/h17-24,30H,9-16H2,1-8H3/t17-,18+,19+,20-,21-,22-,23+,24-,26+,27+,28-/m0/s1. The summed E-state index contributed by atoms with van der Waals surface area (Å²) in [5, 5.41) is 11.4. The number of ether oxygens (including phenoxy) is 1. The van der Waals surface area contributed by atoms with Crippen molar-refractivity contribution in [2.75, 3.05) is 11.5 Å². The van der Waals surface area contributed by atoms with Crippen molar-refractivity contribution in [1.29, 1.82) is 0 Å². The molecule has 5 heteroatoms. The topological polar surface area (TPSA) is 38.7 Å². The first kappa shape index (κ1) is 25.5. The highest BCUT2D eigenvalue weighted by molar-refractivity contribution is 14.1. The number of aliphatic hydroxyl groups is 1. The number of halogens is 1. The minimum Gasteiger partial charge on any atom is -0.414 e. The lowest BCUT2D eigenvalue weighted by Gasteiger charge is -2.61. The van der Waals surface area contributed by atoms with Crippen LogP contribution in [0.3, 0.4) is 0 Å². The van der Waals surface area contributed by atoms with Crippen LogP contribution in [0.1, 0.15) is 79.6 Å². The molecule has 0 amide bonds. The molecule has 3 nitrogen and oxygen atoms in total. The van der Waals surface area contributed by atoms with Crippen molar-refractivity contribution in [3.8, 4) is 0 Å². The largest absolute Gasteiger partial charge is 0.414 e. The lowest BCUT2D eigenvalue weighted by molar-refractivity contribution is -0.161. The maximum absolute atomic E-state index is 11.2. The summed E-state index contributed by atoms with van der Waals surface area (Å²) < 4.78 is 14.6. The smallest absolute Gasteiger partial charge is 0.192 e. The minimum atomic E-state index is -1.91. The summed E-state index contributed by atoms with van der Waals surface area (Å²) in [6.07, 6.45) is 9.61. The van der Waals surface area contributed by atoms with E-state index in [0.29, 0.717) is 22.9 Å². The fourth-order valence-electron chi connectivity index (χ4n) is 10.1. The van der Waals surface area contributed by atoms with E-state index in [0.717, 1.165) is 28.6 Å². The van der Waals surface area contributed by atoms with Gasteiger partial charge in [-0.15, -0.1) is 0 Å². The third-order valence-electron chi connectivity index (χ3n) is 12.7. The average Bonchev–Trinajstić information content (AvgIpc) is 3.24. The quantitative estimate of drug-likeness (QED) is 0.212. The number of rotatable bonds is 5. The molecule has 5 aliphatic rings. The van der Waals surface area contributed by atoms with Gasteiger partial charge in [0, 0.05) is 22.9 Å². The van der Waals surface area contributed by atoms with Crippen LogP contribution in [-0.4, -0.2) is 43.3 Å². The van der Waals surface area contributed by atoms with Gasteiger partial charge in [0.15, 0.2) is 8.32 Å². The number of aliphatic hydroxyl groups excluding tert-OH is 1. The van der Waals surface area contributed by atoms with Crippen LogP contribution in [-0.2, 0) is 9.16 Å². The fraction of sp³-hybridized carbons (Fsp3) is 1.00. The van der Waals surface area contributed by atoms with E-state index in [9.17, 15) is 5.11 Å². The van der Waals surface area contributed by atoms with E-state index in [-0.39, 0.29) is 28.6 Å². The van der Waals surface area contributed by atoms with Crippen LogP contribution in [0.5, 0.6) is 0 Å². The average molecular weight is 589 g/mol. The summed E-state index contributed by atoms with van der Waals surface area (Å²) in [6, 6.07) is 0. The minimum absolute atomic E-state index is 0.195. The van der Waals surface area contributed by atoms with Crippen LogP contribution >= 0.6 is 22.6 Å². The van der Waals surface area contributed by atoms with Gasteiger partial charge in [0.25, 0.3) is 0 Å². The molecule has 0 aromatic heterocycles. The Morgan fingerprint density at radius 2 is 1.82 bits per heavy atom. The van der Waals surface area contributed by atoms with Gasteiger partial charge in [0.2, 0.25) is 0 Å². The normalized spacial score (nSPS) is 52.0. The molecule has 5 rings (SSSR count). The molecule has 0 heterocycles. The molecule has 11 atom stereocenters. The van der Waals surface area contributed by atoms with Gasteiger partial charge in [0.1, 0.15) is 0 Å². The Bertz CT molecular complexity index is 780. The Balaban J connectivity index is 1.51. The Morgan fingerprint density at radius 1 is 1.12 bits per heavy atom. The molecular formula is C28H49IO3Si. The number of alkyl halides is 1. The van der Waals surface area contributed by atoms with Gasteiger partial charge in [-0.2, -0.15) is 0 Å². The summed E-state index contributed by atoms with van der Waals surface area (Å²) in [5.74, 6) is 3.40. The highest BCUT2D eigenvalue weighted by atomic mass is 127. The molecule has 0 aromatic rings. The first-order chi connectivity index (χ1) is 15.3. The molecule has 5 fully saturated rings. The third kappa shape index (κ3) is 3.26. The second-order valence-corrected chi connectivity index (χ2v) is 20.1. The maximum Gasteiger partial charge on any atom is 0.192 e. The number of hydrogen-bond acceptors (Lipinski definition) is 3. The first-order valence-corrected chi connectivity index (χ1v) is 18.2. The molecule has 0 aromatic carbocycles. The van der Waals surface area contributed by atoms with E-state index in [4.69, 9.17) is 9.16 Å². The number of methoxy groups -OCH3 is 1. The van der Waals surface area contributed by atoms with E-state index in [1.165, 1.54) is 38.5 Å². The maximum atomic E-state index is 11.2. The van der Waals surface area contributed by atoms with Crippen LogP contribution in [0.2, 0.25) is 18.1 Å². The Morgan fingerprint density at radius 3 is 2.36 bits per heavy atom. The zero-order valence-corrected chi connectivity index (χ0v) is 25.6. The number of fused-ring (bicyclic) bond motifs is 4. The fourth-order valence-corrected chi connectivity index (χ4v) is 12.9. The van der Waals surface area contributed by atoms with Gasteiger partial charge >= 0.3 is 0 Å². The van der Waals surface area contributed by atoms with Crippen LogP contribution < -0.4 is 0 Å². The molecule has 1 spiro atoms.